The van der Waals surface area contributed by atoms with Gasteiger partial charge < -0.3 is 9.47 Å². The molecule has 1 N–H and O–H groups in total. The van der Waals surface area contributed by atoms with Crippen LogP contribution in [0.15, 0.2) is 47.6 Å². The minimum absolute atomic E-state index is 0.163. The average molecular weight is 395 g/mol. The summed E-state index contributed by atoms with van der Waals surface area (Å²) in [5, 5.41) is 4.74. The Kier molecular flexibility index (Phi) is 8.25. The number of ether oxygens (including phenoxy) is 2. The molecular weight excluding hydrogens is 375 g/mol. The number of hydrogen-bond donors (Lipinski definition) is 1. The molecule has 0 radical (unpaired) electrons. The second kappa shape index (κ2) is 10.7. The molecule has 0 aliphatic rings. The van der Waals surface area contributed by atoms with E-state index in [9.17, 15) is 4.79 Å². The first-order valence-corrected chi connectivity index (χ1v) is 8.97. The summed E-state index contributed by atoms with van der Waals surface area (Å²) in [5.74, 6) is 0.949. The van der Waals surface area contributed by atoms with Gasteiger partial charge in [-0.3, -0.25) is 4.79 Å². The molecule has 0 aliphatic heterocycles. The molecule has 5 nitrogen and oxygen atoms in total. The second-order valence-corrected chi connectivity index (χ2v) is 6.21. The summed E-state index contributed by atoms with van der Waals surface area (Å²) in [5.41, 5.74) is 2.90. The highest BCUT2D eigenvalue weighted by Crippen LogP contribution is 2.22. The number of hydrogen-bond acceptors (Lipinski definition) is 4. The minimum Gasteiger partial charge on any atom is -0.494 e. The molecule has 0 saturated carbocycles. The normalized spacial score (nSPS) is 10.7. The van der Waals surface area contributed by atoms with E-state index in [2.05, 4.69) is 17.5 Å². The Balaban J connectivity index is 1.77. The topological polar surface area (TPSA) is 59.9 Å². The van der Waals surface area contributed by atoms with Crippen LogP contribution in [0, 0.1) is 0 Å². The molecule has 1 amide bonds. The van der Waals surface area contributed by atoms with Gasteiger partial charge in [0, 0.05) is 5.56 Å². The molecule has 0 spiro atoms. The maximum Gasteiger partial charge on any atom is 0.277 e. The van der Waals surface area contributed by atoms with Gasteiger partial charge in [-0.25, -0.2) is 5.43 Å². The number of nitrogens with one attached hydrogen (secondary N) is 1. The summed E-state index contributed by atoms with van der Waals surface area (Å²) in [6.45, 7) is 2.63. The van der Waals surface area contributed by atoms with Crippen molar-refractivity contribution in [3.8, 4) is 11.5 Å². The van der Waals surface area contributed by atoms with Crippen LogP contribution in [0.25, 0.3) is 0 Å². The van der Waals surface area contributed by atoms with Gasteiger partial charge in [0.25, 0.3) is 5.91 Å². The Bertz CT molecular complexity index is 729. The SMILES string of the molecule is CCCCOc1ccc(OCC(=O)NN=Cc2c(Cl)cccc2Cl)cc1. The van der Waals surface area contributed by atoms with E-state index in [0.717, 1.165) is 18.6 Å². The quantitative estimate of drug-likeness (QED) is 0.380. The lowest BCUT2D eigenvalue weighted by molar-refractivity contribution is -0.123. The Morgan fingerprint density at radius 1 is 1.08 bits per heavy atom. The number of halogens is 2. The fourth-order valence-corrected chi connectivity index (χ4v) is 2.45. The molecule has 0 saturated heterocycles. The van der Waals surface area contributed by atoms with Crippen molar-refractivity contribution in [2.45, 2.75) is 19.8 Å². The number of carbonyl (C=O) groups excluding carboxylic acids is 1. The highest BCUT2D eigenvalue weighted by Gasteiger charge is 2.04. The number of hydrazone groups is 1. The first-order chi connectivity index (χ1) is 12.6. The van der Waals surface area contributed by atoms with Gasteiger partial charge in [0.05, 0.1) is 22.9 Å². The molecule has 138 valence electrons. The Morgan fingerprint density at radius 2 is 1.69 bits per heavy atom. The van der Waals surface area contributed by atoms with Gasteiger partial charge >= 0.3 is 0 Å². The zero-order valence-electron chi connectivity index (χ0n) is 14.4. The van der Waals surface area contributed by atoms with Crippen molar-refractivity contribution >= 4 is 35.3 Å². The number of nitrogens with zero attached hydrogens (tertiary/aromatic N) is 1. The molecule has 7 heteroatoms. The van der Waals surface area contributed by atoms with Gasteiger partial charge in [-0.15, -0.1) is 0 Å². The molecule has 2 rings (SSSR count). The number of unbranched alkanes of at least 4 members (excludes halogenated alkanes) is 1. The summed E-state index contributed by atoms with van der Waals surface area (Å²) in [6, 6.07) is 12.2. The van der Waals surface area contributed by atoms with Crippen LogP contribution in [0.4, 0.5) is 0 Å². The number of rotatable bonds is 9. The van der Waals surface area contributed by atoms with Crippen molar-refractivity contribution < 1.29 is 14.3 Å². The van der Waals surface area contributed by atoms with Crippen LogP contribution in [0.2, 0.25) is 10.0 Å². The van der Waals surface area contributed by atoms with E-state index in [0.29, 0.717) is 28.0 Å². The van der Waals surface area contributed by atoms with Crippen molar-refractivity contribution in [2.75, 3.05) is 13.2 Å². The van der Waals surface area contributed by atoms with Gasteiger partial charge in [-0.2, -0.15) is 5.10 Å². The van der Waals surface area contributed by atoms with E-state index in [1.54, 1.807) is 42.5 Å². The molecule has 0 heterocycles. The molecular formula is C19H20Cl2N2O3. The van der Waals surface area contributed by atoms with E-state index in [1.807, 2.05) is 0 Å². The molecule has 0 aliphatic carbocycles. The third-order valence-electron chi connectivity index (χ3n) is 3.34. The summed E-state index contributed by atoms with van der Waals surface area (Å²) in [6.07, 6.45) is 3.49. The lowest BCUT2D eigenvalue weighted by Crippen LogP contribution is -2.24. The van der Waals surface area contributed by atoms with Crippen LogP contribution in [0.5, 0.6) is 11.5 Å². The smallest absolute Gasteiger partial charge is 0.277 e. The Morgan fingerprint density at radius 3 is 2.31 bits per heavy atom. The van der Waals surface area contributed by atoms with Crippen molar-refractivity contribution in [3.63, 3.8) is 0 Å². The maximum absolute atomic E-state index is 11.8. The summed E-state index contributed by atoms with van der Waals surface area (Å²) >= 11 is 12.0. The van der Waals surface area contributed by atoms with Crippen LogP contribution in [0.1, 0.15) is 25.3 Å². The minimum atomic E-state index is -0.396. The third-order valence-corrected chi connectivity index (χ3v) is 4.00. The molecule has 0 unspecified atom stereocenters. The van der Waals surface area contributed by atoms with E-state index >= 15 is 0 Å². The van der Waals surface area contributed by atoms with Crippen LogP contribution < -0.4 is 14.9 Å². The number of carbonyl (C=O) groups is 1. The number of benzene rings is 2. The Hall–Kier alpha value is -2.24. The lowest BCUT2D eigenvalue weighted by Gasteiger charge is -2.08. The largest absolute Gasteiger partial charge is 0.494 e. The standard InChI is InChI=1S/C19H20Cl2N2O3/c1-2-3-11-25-14-7-9-15(10-8-14)26-13-19(24)23-22-12-16-17(20)5-4-6-18(16)21/h4-10,12H,2-3,11,13H2,1H3,(H,23,24). The van der Waals surface area contributed by atoms with Crippen LogP contribution >= 0.6 is 23.2 Å². The predicted molar refractivity (Wildman–Crippen MR) is 105 cm³/mol. The first kappa shape index (κ1) is 20.1. The fourth-order valence-electron chi connectivity index (χ4n) is 1.95. The maximum atomic E-state index is 11.8. The van der Waals surface area contributed by atoms with Gasteiger partial charge in [-0.1, -0.05) is 42.6 Å². The molecule has 0 atom stereocenters. The van der Waals surface area contributed by atoms with Crippen molar-refractivity contribution in [2.24, 2.45) is 5.10 Å². The average Bonchev–Trinajstić information content (AvgIpc) is 2.64. The van der Waals surface area contributed by atoms with Crippen molar-refractivity contribution in [1.82, 2.24) is 5.43 Å². The zero-order valence-corrected chi connectivity index (χ0v) is 15.9. The van der Waals surface area contributed by atoms with Gasteiger partial charge in [-0.05, 0) is 42.8 Å². The third kappa shape index (κ3) is 6.58. The zero-order chi connectivity index (χ0) is 18.8. The molecule has 2 aromatic carbocycles. The van der Waals surface area contributed by atoms with Gasteiger partial charge in [0.2, 0.25) is 0 Å². The summed E-state index contributed by atoms with van der Waals surface area (Å²) in [7, 11) is 0. The second-order valence-electron chi connectivity index (χ2n) is 5.39. The predicted octanol–water partition coefficient (Wildman–Crippen LogP) is 4.70. The monoisotopic (exact) mass is 394 g/mol. The summed E-state index contributed by atoms with van der Waals surface area (Å²) < 4.78 is 11.0. The van der Waals surface area contributed by atoms with Crippen LogP contribution in [-0.2, 0) is 4.79 Å². The lowest BCUT2D eigenvalue weighted by atomic mass is 10.2. The highest BCUT2D eigenvalue weighted by molar-refractivity contribution is 6.38. The fraction of sp³-hybridized carbons (Fsp3) is 0.263. The van der Waals surface area contributed by atoms with Crippen LogP contribution in [0.3, 0.4) is 0 Å². The molecule has 2 aromatic rings. The highest BCUT2D eigenvalue weighted by atomic mass is 35.5. The van der Waals surface area contributed by atoms with Gasteiger partial charge in [0.1, 0.15) is 11.5 Å². The van der Waals surface area contributed by atoms with E-state index in [1.165, 1.54) is 6.21 Å². The number of amides is 1. The van der Waals surface area contributed by atoms with Crippen molar-refractivity contribution in [3.05, 3.63) is 58.1 Å². The molecule has 26 heavy (non-hydrogen) atoms. The molecule has 0 aromatic heterocycles. The van der Waals surface area contributed by atoms with Crippen LogP contribution in [-0.4, -0.2) is 25.3 Å². The molecule has 0 bridgehead atoms. The first-order valence-electron chi connectivity index (χ1n) is 8.21. The summed E-state index contributed by atoms with van der Waals surface area (Å²) in [4.78, 5) is 11.8. The molecule has 0 fully saturated rings. The van der Waals surface area contributed by atoms with E-state index < -0.39 is 5.91 Å². The van der Waals surface area contributed by atoms with E-state index in [4.69, 9.17) is 32.7 Å². The van der Waals surface area contributed by atoms with E-state index in [-0.39, 0.29) is 6.61 Å². The van der Waals surface area contributed by atoms with Crippen molar-refractivity contribution in [1.29, 1.82) is 0 Å². The Labute approximate surface area is 162 Å². The van der Waals surface area contributed by atoms with Gasteiger partial charge in [0.15, 0.2) is 6.61 Å².